The molecule has 0 aromatic heterocycles. The van der Waals surface area contributed by atoms with Crippen molar-refractivity contribution in [3.63, 3.8) is 0 Å². The van der Waals surface area contributed by atoms with Crippen LogP contribution in [-0.4, -0.2) is 12.7 Å². The largest absolute Gasteiger partial charge is 0.378 e. The minimum atomic E-state index is 0.600. The Morgan fingerprint density at radius 3 is 1.88 bits per heavy atom. The fourth-order valence-electron chi connectivity index (χ4n) is 5.87. The van der Waals surface area contributed by atoms with E-state index in [-0.39, 0.29) is 0 Å². The van der Waals surface area contributed by atoms with E-state index in [1.165, 1.54) is 89.9 Å². The van der Waals surface area contributed by atoms with Gasteiger partial charge < -0.3 is 4.74 Å². The first-order chi connectivity index (χ1) is 12.3. The molecule has 0 amide bonds. The Balaban J connectivity index is 1.29. The number of allylic oxidation sites excluding steroid dienone is 1. The Kier molecular flexibility index (Phi) is 7.90. The molecule has 2 atom stereocenters. The fraction of sp³-hybridized carbons (Fsp3) is 0.917. The SMILES string of the molecule is C=CC1CCC(CCC2CCC(C3CCC(CCC)CO3)CC2)CC1. The van der Waals surface area contributed by atoms with E-state index in [0.717, 1.165) is 36.2 Å². The van der Waals surface area contributed by atoms with Crippen molar-refractivity contribution in [2.24, 2.45) is 29.6 Å². The third kappa shape index (κ3) is 5.84. The summed E-state index contributed by atoms with van der Waals surface area (Å²) in [5.74, 6) is 4.59. The smallest absolute Gasteiger partial charge is 0.0603 e. The molecular formula is C24H42O. The van der Waals surface area contributed by atoms with Crippen LogP contribution in [0.2, 0.25) is 0 Å². The van der Waals surface area contributed by atoms with E-state index >= 15 is 0 Å². The third-order valence-corrected chi connectivity index (χ3v) is 7.73. The lowest BCUT2D eigenvalue weighted by molar-refractivity contribution is -0.0597. The van der Waals surface area contributed by atoms with Crippen molar-refractivity contribution in [2.75, 3.05) is 6.61 Å². The molecule has 144 valence electrons. The lowest BCUT2D eigenvalue weighted by atomic mass is 9.73. The molecule has 2 aliphatic carbocycles. The zero-order chi connectivity index (χ0) is 17.5. The maximum Gasteiger partial charge on any atom is 0.0603 e. The molecule has 0 aromatic carbocycles. The van der Waals surface area contributed by atoms with Crippen LogP contribution in [0.4, 0.5) is 0 Å². The second-order valence-electron chi connectivity index (χ2n) is 9.48. The first kappa shape index (κ1) is 19.5. The van der Waals surface area contributed by atoms with Crippen LogP contribution in [0.15, 0.2) is 12.7 Å². The molecule has 1 saturated heterocycles. The average Bonchev–Trinajstić information content (AvgIpc) is 2.68. The topological polar surface area (TPSA) is 9.23 Å². The monoisotopic (exact) mass is 346 g/mol. The quantitative estimate of drug-likeness (QED) is 0.444. The molecule has 0 spiro atoms. The number of hydrogen-bond acceptors (Lipinski definition) is 1. The summed E-state index contributed by atoms with van der Waals surface area (Å²) in [6, 6.07) is 0. The van der Waals surface area contributed by atoms with Crippen LogP contribution in [0.25, 0.3) is 0 Å². The van der Waals surface area contributed by atoms with Crippen LogP contribution in [0, 0.1) is 29.6 Å². The lowest BCUT2D eigenvalue weighted by Gasteiger charge is -2.38. The molecule has 1 heterocycles. The zero-order valence-electron chi connectivity index (χ0n) is 16.8. The molecule has 2 unspecified atom stereocenters. The van der Waals surface area contributed by atoms with Gasteiger partial charge in [-0.2, -0.15) is 0 Å². The normalized spacial score (nSPS) is 39.9. The van der Waals surface area contributed by atoms with Crippen LogP contribution in [0.3, 0.4) is 0 Å². The van der Waals surface area contributed by atoms with Gasteiger partial charge in [-0.15, -0.1) is 6.58 Å². The predicted octanol–water partition coefficient (Wildman–Crippen LogP) is 7.16. The summed E-state index contributed by atoms with van der Waals surface area (Å²) in [4.78, 5) is 0. The highest BCUT2D eigenvalue weighted by molar-refractivity contribution is 4.85. The van der Waals surface area contributed by atoms with Crippen molar-refractivity contribution in [1.29, 1.82) is 0 Å². The van der Waals surface area contributed by atoms with Crippen molar-refractivity contribution >= 4 is 0 Å². The second kappa shape index (κ2) is 10.1. The summed E-state index contributed by atoms with van der Waals surface area (Å²) in [6.45, 7) is 7.33. The standard InChI is InChI=1S/C24H42O/c1-3-5-22-14-17-24(25-18-22)23-15-12-21(13-16-23)11-10-20-8-6-19(4-2)7-9-20/h4,19-24H,2-3,5-18H2,1H3. The van der Waals surface area contributed by atoms with Crippen LogP contribution >= 0.6 is 0 Å². The second-order valence-corrected chi connectivity index (χ2v) is 9.48. The molecule has 1 nitrogen and oxygen atoms in total. The highest BCUT2D eigenvalue weighted by Gasteiger charge is 2.31. The molecule has 1 aliphatic heterocycles. The van der Waals surface area contributed by atoms with Gasteiger partial charge in [0.25, 0.3) is 0 Å². The van der Waals surface area contributed by atoms with E-state index in [1.807, 2.05) is 0 Å². The van der Waals surface area contributed by atoms with Crippen molar-refractivity contribution < 1.29 is 4.74 Å². The van der Waals surface area contributed by atoms with Gasteiger partial charge >= 0.3 is 0 Å². The highest BCUT2D eigenvalue weighted by Crippen LogP contribution is 2.39. The highest BCUT2D eigenvalue weighted by atomic mass is 16.5. The third-order valence-electron chi connectivity index (χ3n) is 7.73. The van der Waals surface area contributed by atoms with Gasteiger partial charge in [0.1, 0.15) is 0 Å². The van der Waals surface area contributed by atoms with Crippen LogP contribution < -0.4 is 0 Å². The molecule has 3 aliphatic rings. The van der Waals surface area contributed by atoms with Gasteiger partial charge in [-0.1, -0.05) is 45.1 Å². The predicted molar refractivity (Wildman–Crippen MR) is 108 cm³/mol. The van der Waals surface area contributed by atoms with Crippen molar-refractivity contribution in [1.82, 2.24) is 0 Å². The molecule has 0 aromatic rings. The van der Waals surface area contributed by atoms with Gasteiger partial charge in [-0.05, 0) is 87.4 Å². The molecule has 3 rings (SSSR count). The van der Waals surface area contributed by atoms with Gasteiger partial charge in [0.15, 0.2) is 0 Å². The number of rotatable bonds is 7. The van der Waals surface area contributed by atoms with Gasteiger partial charge in [-0.25, -0.2) is 0 Å². The summed E-state index contributed by atoms with van der Waals surface area (Å²) in [7, 11) is 0. The molecule has 0 bridgehead atoms. The van der Waals surface area contributed by atoms with E-state index in [4.69, 9.17) is 4.74 Å². The Bertz CT molecular complexity index is 366. The Morgan fingerprint density at radius 2 is 1.36 bits per heavy atom. The molecular weight excluding hydrogens is 304 g/mol. The van der Waals surface area contributed by atoms with Gasteiger partial charge in [0.2, 0.25) is 0 Å². The fourth-order valence-corrected chi connectivity index (χ4v) is 5.87. The lowest BCUT2D eigenvalue weighted by Crippen LogP contribution is -2.34. The summed E-state index contributed by atoms with van der Waals surface area (Å²) < 4.78 is 6.29. The molecule has 25 heavy (non-hydrogen) atoms. The Hall–Kier alpha value is -0.300. The van der Waals surface area contributed by atoms with Crippen molar-refractivity contribution in [3.8, 4) is 0 Å². The Morgan fingerprint density at radius 1 is 0.760 bits per heavy atom. The summed E-state index contributed by atoms with van der Waals surface area (Å²) in [5.41, 5.74) is 0. The minimum absolute atomic E-state index is 0.600. The first-order valence-electron chi connectivity index (χ1n) is 11.5. The van der Waals surface area contributed by atoms with Crippen molar-refractivity contribution in [2.45, 2.75) is 103 Å². The summed E-state index contributed by atoms with van der Waals surface area (Å²) >= 11 is 0. The maximum absolute atomic E-state index is 6.29. The Labute approximate surface area is 157 Å². The maximum atomic E-state index is 6.29. The minimum Gasteiger partial charge on any atom is -0.378 e. The summed E-state index contributed by atoms with van der Waals surface area (Å²) in [5, 5.41) is 0. The average molecular weight is 347 g/mol. The molecule has 2 saturated carbocycles. The molecule has 0 radical (unpaired) electrons. The number of hydrogen-bond donors (Lipinski definition) is 0. The van der Waals surface area contributed by atoms with E-state index in [2.05, 4.69) is 19.6 Å². The van der Waals surface area contributed by atoms with E-state index < -0.39 is 0 Å². The van der Waals surface area contributed by atoms with Gasteiger partial charge in [0.05, 0.1) is 6.10 Å². The van der Waals surface area contributed by atoms with Crippen molar-refractivity contribution in [3.05, 3.63) is 12.7 Å². The van der Waals surface area contributed by atoms with Crippen LogP contribution in [-0.2, 0) is 4.74 Å². The van der Waals surface area contributed by atoms with E-state index in [0.29, 0.717) is 6.10 Å². The van der Waals surface area contributed by atoms with Crippen LogP contribution in [0.5, 0.6) is 0 Å². The van der Waals surface area contributed by atoms with Gasteiger partial charge in [0, 0.05) is 6.61 Å². The number of ether oxygens (including phenoxy) is 1. The molecule has 3 fully saturated rings. The summed E-state index contributed by atoms with van der Waals surface area (Å²) in [6.07, 6.45) is 22.8. The van der Waals surface area contributed by atoms with E-state index in [1.54, 1.807) is 0 Å². The first-order valence-corrected chi connectivity index (χ1v) is 11.5. The molecule has 1 heteroatoms. The zero-order valence-corrected chi connectivity index (χ0v) is 16.8. The van der Waals surface area contributed by atoms with Crippen LogP contribution in [0.1, 0.15) is 96.8 Å². The molecule has 0 N–H and O–H groups in total. The van der Waals surface area contributed by atoms with E-state index in [9.17, 15) is 0 Å². The van der Waals surface area contributed by atoms with Gasteiger partial charge in [-0.3, -0.25) is 0 Å².